The number of aromatic nitrogens is 1. The van der Waals surface area contributed by atoms with E-state index in [0.29, 0.717) is 6.07 Å². The van der Waals surface area contributed by atoms with E-state index < -0.39 is 35.0 Å². The monoisotopic (exact) mass is 213 g/mol. The number of nitriles is 1. The molecule has 0 amide bonds. The van der Waals surface area contributed by atoms with Gasteiger partial charge in [-0.2, -0.15) is 5.26 Å². The number of aromatic carboxylic acids is 1. The van der Waals surface area contributed by atoms with E-state index in [9.17, 15) is 13.6 Å². The van der Waals surface area contributed by atoms with Gasteiger partial charge >= 0.3 is 5.97 Å². The van der Waals surface area contributed by atoms with E-state index in [1.165, 1.54) is 6.07 Å². The van der Waals surface area contributed by atoms with Crippen molar-refractivity contribution in [1.29, 1.82) is 5.26 Å². The average Bonchev–Trinajstić information content (AvgIpc) is 2.16. The van der Waals surface area contributed by atoms with Crippen molar-refractivity contribution in [3.05, 3.63) is 22.9 Å². The fourth-order valence-electron chi connectivity index (χ4n) is 0.966. The highest BCUT2D eigenvalue weighted by molar-refractivity contribution is 5.90. The highest BCUT2D eigenvalue weighted by Crippen LogP contribution is 2.25. The Kier molecular flexibility index (Phi) is 2.80. The fraction of sp³-hybridized carbons (Fsp3) is 0.125. The van der Waals surface area contributed by atoms with Crippen molar-refractivity contribution in [2.45, 2.75) is 6.43 Å². The third-order valence-corrected chi connectivity index (χ3v) is 1.65. The van der Waals surface area contributed by atoms with Crippen LogP contribution in [0.3, 0.4) is 0 Å². The van der Waals surface area contributed by atoms with Crippen molar-refractivity contribution in [3.8, 4) is 6.07 Å². The summed E-state index contributed by atoms with van der Waals surface area (Å²) in [6, 6.07) is 2.13. The van der Waals surface area contributed by atoms with Gasteiger partial charge in [0.25, 0.3) is 6.43 Å². The van der Waals surface area contributed by atoms with Crippen LogP contribution in [0.1, 0.15) is 28.0 Å². The van der Waals surface area contributed by atoms with Crippen LogP contribution in [0.2, 0.25) is 0 Å². The summed E-state index contributed by atoms with van der Waals surface area (Å²) in [5.41, 5.74) is 3.38. The minimum atomic E-state index is -2.93. The number of halogens is 2. The van der Waals surface area contributed by atoms with Gasteiger partial charge < -0.3 is 10.8 Å². The summed E-state index contributed by atoms with van der Waals surface area (Å²) in [6.07, 6.45) is -2.93. The Morgan fingerprint density at radius 3 is 2.67 bits per heavy atom. The molecule has 78 valence electrons. The van der Waals surface area contributed by atoms with Crippen LogP contribution in [0.25, 0.3) is 0 Å². The Morgan fingerprint density at radius 2 is 2.27 bits per heavy atom. The smallest absolute Gasteiger partial charge is 0.338 e. The molecular formula is C8H5F2N3O2. The number of nitrogens with zero attached hydrogens (tertiary/aromatic N) is 2. The van der Waals surface area contributed by atoms with Crippen LogP contribution in [-0.2, 0) is 0 Å². The van der Waals surface area contributed by atoms with Gasteiger partial charge in [0.05, 0.1) is 11.1 Å². The second-order valence-electron chi connectivity index (χ2n) is 2.58. The molecule has 1 rings (SSSR count). The van der Waals surface area contributed by atoms with E-state index in [2.05, 4.69) is 4.98 Å². The normalized spacial score (nSPS) is 10.0. The number of nitrogens with two attached hydrogens (primary N) is 1. The number of carboxylic acid groups (broad SMARTS) is 1. The first-order valence-electron chi connectivity index (χ1n) is 3.69. The zero-order valence-corrected chi connectivity index (χ0v) is 7.24. The molecule has 0 aliphatic heterocycles. The van der Waals surface area contributed by atoms with Gasteiger partial charge in [-0.3, -0.25) is 0 Å². The fourth-order valence-corrected chi connectivity index (χ4v) is 0.966. The van der Waals surface area contributed by atoms with Crippen LogP contribution in [-0.4, -0.2) is 16.1 Å². The van der Waals surface area contributed by atoms with Crippen molar-refractivity contribution >= 4 is 11.8 Å². The maximum atomic E-state index is 12.3. The molecule has 15 heavy (non-hydrogen) atoms. The summed E-state index contributed by atoms with van der Waals surface area (Å²) < 4.78 is 24.6. The molecule has 0 unspecified atom stereocenters. The lowest BCUT2D eigenvalue weighted by atomic mass is 10.1. The summed E-state index contributed by atoms with van der Waals surface area (Å²) in [5.74, 6) is -2.03. The quantitative estimate of drug-likeness (QED) is 0.767. The van der Waals surface area contributed by atoms with Gasteiger partial charge in [0.2, 0.25) is 0 Å². The van der Waals surface area contributed by atoms with Gasteiger partial charge in [-0.15, -0.1) is 0 Å². The molecule has 7 heteroatoms. The van der Waals surface area contributed by atoms with Gasteiger partial charge in [0.15, 0.2) is 5.69 Å². The van der Waals surface area contributed by atoms with Crippen LogP contribution in [0.4, 0.5) is 14.6 Å². The zero-order chi connectivity index (χ0) is 11.6. The lowest BCUT2D eigenvalue weighted by molar-refractivity contribution is 0.0695. The molecule has 0 saturated heterocycles. The first-order chi connectivity index (χ1) is 6.97. The molecule has 1 heterocycles. The number of rotatable bonds is 2. The number of carboxylic acids is 1. The SMILES string of the molecule is N#Cc1nc(N)c(C(F)F)cc1C(=O)O. The Balaban J connectivity index is 3.45. The van der Waals surface area contributed by atoms with E-state index in [1.807, 2.05) is 0 Å². The van der Waals surface area contributed by atoms with E-state index >= 15 is 0 Å². The van der Waals surface area contributed by atoms with Crippen LogP contribution in [0, 0.1) is 11.3 Å². The summed E-state index contributed by atoms with van der Waals surface area (Å²) in [7, 11) is 0. The lowest BCUT2D eigenvalue weighted by Crippen LogP contribution is -2.08. The highest BCUT2D eigenvalue weighted by atomic mass is 19.3. The number of alkyl halides is 2. The van der Waals surface area contributed by atoms with Crippen molar-refractivity contribution in [1.82, 2.24) is 4.98 Å². The molecule has 0 atom stereocenters. The second kappa shape index (κ2) is 3.88. The lowest BCUT2D eigenvalue weighted by Gasteiger charge is -2.05. The van der Waals surface area contributed by atoms with Gasteiger partial charge in [-0.05, 0) is 6.07 Å². The molecule has 0 aliphatic rings. The number of pyridine rings is 1. The van der Waals surface area contributed by atoms with Crippen molar-refractivity contribution in [3.63, 3.8) is 0 Å². The average molecular weight is 213 g/mol. The third-order valence-electron chi connectivity index (χ3n) is 1.65. The number of anilines is 1. The minimum Gasteiger partial charge on any atom is -0.478 e. The van der Waals surface area contributed by atoms with Gasteiger partial charge in [0.1, 0.15) is 11.9 Å². The molecule has 0 fully saturated rings. The first kappa shape index (κ1) is 10.8. The van der Waals surface area contributed by atoms with Gasteiger partial charge in [0, 0.05) is 0 Å². The Morgan fingerprint density at radius 1 is 1.67 bits per heavy atom. The predicted molar refractivity (Wildman–Crippen MR) is 45.3 cm³/mol. The first-order valence-corrected chi connectivity index (χ1v) is 3.69. The third kappa shape index (κ3) is 1.99. The van der Waals surface area contributed by atoms with Crippen LogP contribution >= 0.6 is 0 Å². The molecule has 0 bridgehead atoms. The number of hydrogen-bond donors (Lipinski definition) is 2. The molecule has 0 radical (unpaired) electrons. The van der Waals surface area contributed by atoms with Gasteiger partial charge in [-0.25, -0.2) is 18.6 Å². The van der Waals surface area contributed by atoms with E-state index in [1.54, 1.807) is 0 Å². The molecule has 1 aromatic heterocycles. The van der Waals surface area contributed by atoms with Crippen LogP contribution in [0.5, 0.6) is 0 Å². The summed E-state index contributed by atoms with van der Waals surface area (Å²) in [5, 5.41) is 17.1. The maximum Gasteiger partial charge on any atom is 0.338 e. The van der Waals surface area contributed by atoms with E-state index in [4.69, 9.17) is 16.1 Å². The van der Waals surface area contributed by atoms with Crippen molar-refractivity contribution in [2.24, 2.45) is 0 Å². The van der Waals surface area contributed by atoms with Crippen LogP contribution in [0.15, 0.2) is 6.07 Å². The Labute approximate surface area is 82.8 Å². The highest BCUT2D eigenvalue weighted by Gasteiger charge is 2.19. The number of nitrogen functional groups attached to an aromatic ring is 1. The van der Waals surface area contributed by atoms with Gasteiger partial charge in [-0.1, -0.05) is 0 Å². The number of hydrogen-bond acceptors (Lipinski definition) is 4. The van der Waals surface area contributed by atoms with E-state index in [0.717, 1.165) is 0 Å². The maximum absolute atomic E-state index is 12.3. The Bertz CT molecular complexity index is 454. The summed E-state index contributed by atoms with van der Waals surface area (Å²) >= 11 is 0. The summed E-state index contributed by atoms with van der Waals surface area (Å²) in [6.45, 7) is 0. The molecule has 0 aliphatic carbocycles. The number of carbonyl (C=O) groups is 1. The molecule has 0 aromatic carbocycles. The minimum absolute atomic E-state index is 0.482. The second-order valence-corrected chi connectivity index (χ2v) is 2.58. The molecule has 0 saturated carbocycles. The summed E-state index contributed by atoms with van der Waals surface area (Å²) in [4.78, 5) is 13.9. The predicted octanol–water partition coefficient (Wildman–Crippen LogP) is 1.17. The van der Waals surface area contributed by atoms with Crippen molar-refractivity contribution in [2.75, 3.05) is 5.73 Å². The van der Waals surface area contributed by atoms with E-state index in [-0.39, 0.29) is 0 Å². The zero-order valence-electron chi connectivity index (χ0n) is 7.24. The standard InChI is InChI=1S/C8H5F2N3O2/c9-6(10)4-1-3(8(14)15)5(2-11)13-7(4)12/h1,6H,(H2,12,13)(H,14,15). The molecule has 5 nitrogen and oxygen atoms in total. The molecule has 1 aromatic rings. The molecule has 3 N–H and O–H groups in total. The largest absolute Gasteiger partial charge is 0.478 e. The van der Waals surface area contributed by atoms with Crippen LogP contribution < -0.4 is 5.73 Å². The van der Waals surface area contributed by atoms with Crippen molar-refractivity contribution < 1.29 is 18.7 Å². The molecule has 0 spiro atoms. The Hall–Kier alpha value is -2.23. The topological polar surface area (TPSA) is 100 Å². The molecular weight excluding hydrogens is 208 g/mol.